The van der Waals surface area contributed by atoms with Gasteiger partial charge in [-0.1, -0.05) is 13.8 Å². The standard InChI is InChI=1S/C10H16N2O2/c1-6(2)4-3-5-12-8-7(11)9(13)10(8)14/h6,12H,3-5,11H2,1-2H3. The van der Waals surface area contributed by atoms with Gasteiger partial charge in [-0.15, -0.1) is 0 Å². The lowest BCUT2D eigenvalue weighted by Crippen LogP contribution is -2.37. The topological polar surface area (TPSA) is 72.2 Å². The van der Waals surface area contributed by atoms with E-state index in [1.54, 1.807) is 0 Å². The van der Waals surface area contributed by atoms with Crippen LogP contribution in [0.25, 0.3) is 0 Å². The number of nitrogens with one attached hydrogen (secondary N) is 1. The fourth-order valence-corrected chi connectivity index (χ4v) is 1.31. The van der Waals surface area contributed by atoms with Crippen LogP contribution in [0.4, 0.5) is 11.4 Å². The van der Waals surface area contributed by atoms with Crippen LogP contribution in [0.3, 0.4) is 0 Å². The maximum absolute atomic E-state index is 11.0. The van der Waals surface area contributed by atoms with Gasteiger partial charge in [0.15, 0.2) is 0 Å². The van der Waals surface area contributed by atoms with Crippen molar-refractivity contribution < 1.29 is 0 Å². The van der Waals surface area contributed by atoms with Crippen molar-refractivity contribution in [2.24, 2.45) is 5.92 Å². The first-order chi connectivity index (χ1) is 6.54. The Bertz CT molecular complexity index is 375. The molecule has 4 heteroatoms. The first-order valence-corrected chi connectivity index (χ1v) is 4.86. The van der Waals surface area contributed by atoms with Crippen LogP contribution in [0.1, 0.15) is 26.7 Å². The van der Waals surface area contributed by atoms with Gasteiger partial charge in [0.1, 0.15) is 11.4 Å². The first-order valence-electron chi connectivity index (χ1n) is 4.86. The van der Waals surface area contributed by atoms with Gasteiger partial charge in [-0.2, -0.15) is 0 Å². The highest BCUT2D eigenvalue weighted by atomic mass is 16.2. The predicted molar refractivity (Wildman–Crippen MR) is 58.3 cm³/mol. The molecule has 1 aromatic rings. The van der Waals surface area contributed by atoms with Gasteiger partial charge in [0.25, 0.3) is 10.9 Å². The van der Waals surface area contributed by atoms with Crippen LogP contribution in [-0.2, 0) is 0 Å². The molecule has 0 atom stereocenters. The molecule has 0 aliphatic rings. The van der Waals surface area contributed by atoms with Gasteiger partial charge in [-0.05, 0) is 18.8 Å². The van der Waals surface area contributed by atoms with Gasteiger partial charge < -0.3 is 11.1 Å². The minimum atomic E-state index is -0.559. The second kappa shape index (κ2) is 4.26. The molecule has 4 nitrogen and oxygen atoms in total. The lowest BCUT2D eigenvalue weighted by molar-refractivity contribution is 0.567. The maximum atomic E-state index is 11.0. The Labute approximate surface area is 82.8 Å². The van der Waals surface area contributed by atoms with Crippen molar-refractivity contribution in [3.8, 4) is 0 Å². The molecule has 0 fully saturated rings. The largest absolute Gasteiger partial charge is 0.394 e. The Morgan fingerprint density at radius 3 is 2.43 bits per heavy atom. The average molecular weight is 196 g/mol. The molecular formula is C10H16N2O2. The molecule has 0 radical (unpaired) electrons. The Balaban J connectivity index is 2.34. The molecule has 1 rings (SSSR count). The van der Waals surface area contributed by atoms with Gasteiger partial charge in [-0.3, -0.25) is 9.59 Å². The van der Waals surface area contributed by atoms with Gasteiger partial charge in [0.05, 0.1) is 0 Å². The van der Waals surface area contributed by atoms with E-state index in [-0.39, 0.29) is 5.69 Å². The van der Waals surface area contributed by atoms with E-state index in [2.05, 4.69) is 19.2 Å². The molecule has 0 aliphatic carbocycles. The molecular weight excluding hydrogens is 180 g/mol. The number of anilines is 2. The zero-order valence-electron chi connectivity index (χ0n) is 8.59. The summed E-state index contributed by atoms with van der Waals surface area (Å²) in [4.78, 5) is 21.7. The Hall–Kier alpha value is -1.32. The van der Waals surface area contributed by atoms with E-state index >= 15 is 0 Å². The lowest BCUT2D eigenvalue weighted by Gasteiger charge is -2.10. The molecule has 0 saturated carbocycles. The highest BCUT2D eigenvalue weighted by Crippen LogP contribution is 2.10. The first kappa shape index (κ1) is 10.8. The van der Waals surface area contributed by atoms with Crippen LogP contribution in [0.5, 0.6) is 0 Å². The van der Waals surface area contributed by atoms with Crippen molar-refractivity contribution >= 4 is 11.4 Å². The van der Waals surface area contributed by atoms with Crippen LogP contribution in [-0.4, -0.2) is 6.54 Å². The van der Waals surface area contributed by atoms with Crippen molar-refractivity contribution in [2.75, 3.05) is 17.6 Å². The third-order valence-electron chi connectivity index (χ3n) is 2.21. The van der Waals surface area contributed by atoms with Gasteiger partial charge in [0, 0.05) is 6.54 Å². The smallest absolute Gasteiger partial charge is 0.253 e. The minimum Gasteiger partial charge on any atom is -0.394 e. The Morgan fingerprint density at radius 2 is 1.93 bits per heavy atom. The van der Waals surface area contributed by atoms with Crippen molar-refractivity contribution in [1.29, 1.82) is 0 Å². The number of rotatable bonds is 5. The van der Waals surface area contributed by atoms with Gasteiger partial charge in [0.2, 0.25) is 0 Å². The predicted octanol–water partition coefficient (Wildman–Crippen LogP) is 0.713. The highest BCUT2D eigenvalue weighted by Gasteiger charge is 2.16. The van der Waals surface area contributed by atoms with E-state index in [1.165, 1.54) is 0 Å². The van der Waals surface area contributed by atoms with E-state index in [4.69, 9.17) is 5.73 Å². The summed E-state index contributed by atoms with van der Waals surface area (Å²) in [6, 6.07) is 0. The molecule has 0 amide bonds. The quantitative estimate of drug-likeness (QED) is 0.537. The monoisotopic (exact) mass is 196 g/mol. The third-order valence-corrected chi connectivity index (χ3v) is 2.21. The minimum absolute atomic E-state index is 0.0829. The maximum Gasteiger partial charge on any atom is 0.253 e. The molecule has 14 heavy (non-hydrogen) atoms. The molecule has 0 bridgehead atoms. The fraction of sp³-hybridized carbons (Fsp3) is 0.600. The molecule has 0 aliphatic heterocycles. The summed E-state index contributed by atoms with van der Waals surface area (Å²) in [5, 5.41) is 2.89. The van der Waals surface area contributed by atoms with Crippen molar-refractivity contribution in [3.05, 3.63) is 20.4 Å². The van der Waals surface area contributed by atoms with E-state index < -0.39 is 10.9 Å². The summed E-state index contributed by atoms with van der Waals surface area (Å²) in [5.41, 5.74) is 4.69. The molecule has 0 unspecified atom stereocenters. The van der Waals surface area contributed by atoms with Crippen LogP contribution in [0, 0.1) is 5.92 Å². The molecule has 3 N–H and O–H groups in total. The molecule has 0 saturated heterocycles. The van der Waals surface area contributed by atoms with E-state index in [1.807, 2.05) is 0 Å². The highest BCUT2D eigenvalue weighted by molar-refractivity contribution is 5.71. The lowest BCUT2D eigenvalue weighted by atomic mass is 10.1. The molecule has 0 spiro atoms. The summed E-state index contributed by atoms with van der Waals surface area (Å²) in [5.74, 6) is 0.654. The summed E-state index contributed by atoms with van der Waals surface area (Å²) >= 11 is 0. The number of hydrogen-bond acceptors (Lipinski definition) is 4. The number of hydrogen-bond donors (Lipinski definition) is 2. The summed E-state index contributed by atoms with van der Waals surface area (Å²) in [7, 11) is 0. The Morgan fingerprint density at radius 1 is 1.29 bits per heavy atom. The van der Waals surface area contributed by atoms with Crippen molar-refractivity contribution in [3.63, 3.8) is 0 Å². The SMILES string of the molecule is CC(C)CCCNc1c(N)c(=O)c1=O. The zero-order valence-corrected chi connectivity index (χ0v) is 8.59. The number of nitrogens with two attached hydrogens (primary N) is 1. The summed E-state index contributed by atoms with van der Waals surface area (Å²) in [6.45, 7) is 4.99. The molecule has 0 heterocycles. The molecule has 1 aromatic carbocycles. The summed E-state index contributed by atoms with van der Waals surface area (Å²) < 4.78 is 0. The second-order valence-electron chi connectivity index (χ2n) is 3.91. The van der Waals surface area contributed by atoms with E-state index in [0.717, 1.165) is 12.8 Å². The van der Waals surface area contributed by atoms with Crippen molar-refractivity contribution in [1.82, 2.24) is 0 Å². The number of nitrogen functional groups attached to an aromatic ring is 1. The van der Waals surface area contributed by atoms with E-state index in [9.17, 15) is 9.59 Å². The molecule has 0 aromatic heterocycles. The van der Waals surface area contributed by atoms with Crippen LogP contribution in [0.2, 0.25) is 0 Å². The van der Waals surface area contributed by atoms with Gasteiger partial charge >= 0.3 is 0 Å². The van der Waals surface area contributed by atoms with Crippen LogP contribution < -0.4 is 21.9 Å². The zero-order chi connectivity index (χ0) is 10.7. The van der Waals surface area contributed by atoms with Crippen LogP contribution >= 0.6 is 0 Å². The normalized spacial score (nSPS) is 11.1. The second-order valence-corrected chi connectivity index (χ2v) is 3.91. The summed E-state index contributed by atoms with van der Waals surface area (Å²) in [6.07, 6.45) is 2.08. The van der Waals surface area contributed by atoms with Crippen molar-refractivity contribution in [2.45, 2.75) is 26.7 Å². The molecule has 78 valence electrons. The fourth-order valence-electron chi connectivity index (χ4n) is 1.31. The third kappa shape index (κ3) is 2.13. The van der Waals surface area contributed by atoms with Gasteiger partial charge in [-0.25, -0.2) is 0 Å². The average Bonchev–Trinajstić information content (AvgIpc) is 2.15. The van der Waals surface area contributed by atoms with Crippen LogP contribution in [0.15, 0.2) is 9.59 Å². The Kier molecular flexibility index (Phi) is 3.28. The van der Waals surface area contributed by atoms with E-state index in [0.29, 0.717) is 18.2 Å².